The highest BCUT2D eigenvalue weighted by molar-refractivity contribution is 7.99. The molecule has 1 heterocycles. The molecule has 0 saturated heterocycles. The summed E-state index contributed by atoms with van der Waals surface area (Å²) in [5.41, 5.74) is 2.09. The zero-order valence-electron chi connectivity index (χ0n) is 8.80. The van der Waals surface area contributed by atoms with Crippen molar-refractivity contribution in [2.45, 2.75) is 12.1 Å². The molecule has 0 radical (unpaired) electrons. The number of hydrogen-bond donors (Lipinski definition) is 0. The first-order valence-corrected chi connectivity index (χ1v) is 5.75. The highest BCUT2D eigenvalue weighted by Gasteiger charge is 2.08. The Bertz CT molecular complexity index is 528. The van der Waals surface area contributed by atoms with E-state index >= 15 is 0 Å². The van der Waals surface area contributed by atoms with Crippen molar-refractivity contribution in [3.63, 3.8) is 0 Å². The third kappa shape index (κ3) is 2.44. The van der Waals surface area contributed by atoms with Crippen LogP contribution in [0.1, 0.15) is 5.56 Å². The number of rotatable bonds is 3. The molecule has 3 nitrogen and oxygen atoms in total. The number of terminal acetylenes is 1. The van der Waals surface area contributed by atoms with Crippen LogP contribution >= 0.6 is 11.8 Å². The van der Waals surface area contributed by atoms with Crippen molar-refractivity contribution in [1.29, 1.82) is 0 Å². The lowest BCUT2D eigenvalue weighted by atomic mass is 10.1. The third-order valence-electron chi connectivity index (χ3n) is 1.95. The fourth-order valence-corrected chi connectivity index (χ4v) is 1.71. The molecule has 2 rings (SSSR count). The van der Waals surface area contributed by atoms with Gasteiger partial charge >= 0.3 is 0 Å². The standard InChI is InChI=1S/C12H10N2OS/c1-3-7-16-12-14-13-11(15-12)10-6-4-5-9(2)8-10/h1,4-6,8H,7H2,2H3. The highest BCUT2D eigenvalue weighted by atomic mass is 32.2. The van der Waals surface area contributed by atoms with E-state index in [2.05, 4.69) is 16.1 Å². The van der Waals surface area contributed by atoms with Crippen LogP contribution in [0, 0.1) is 19.3 Å². The fourth-order valence-electron chi connectivity index (χ4n) is 1.27. The Labute approximate surface area is 98.3 Å². The predicted molar refractivity (Wildman–Crippen MR) is 64.0 cm³/mol. The number of aryl methyl sites for hydroxylation is 1. The highest BCUT2D eigenvalue weighted by Crippen LogP contribution is 2.23. The minimum atomic E-state index is 0.509. The van der Waals surface area contributed by atoms with Gasteiger partial charge in [-0.3, -0.25) is 0 Å². The minimum Gasteiger partial charge on any atom is -0.411 e. The minimum absolute atomic E-state index is 0.509. The smallest absolute Gasteiger partial charge is 0.277 e. The normalized spacial score (nSPS) is 10.0. The fraction of sp³-hybridized carbons (Fsp3) is 0.167. The van der Waals surface area contributed by atoms with Gasteiger partial charge in [-0.15, -0.1) is 16.6 Å². The first-order chi connectivity index (χ1) is 7.79. The Balaban J connectivity index is 2.22. The number of benzene rings is 1. The summed E-state index contributed by atoms with van der Waals surface area (Å²) in [6.07, 6.45) is 5.15. The van der Waals surface area contributed by atoms with Crippen molar-refractivity contribution in [2.24, 2.45) is 0 Å². The van der Waals surface area contributed by atoms with E-state index in [0.29, 0.717) is 16.9 Å². The molecule has 0 aliphatic rings. The van der Waals surface area contributed by atoms with Gasteiger partial charge in [-0.05, 0) is 19.1 Å². The Morgan fingerprint density at radius 3 is 3.06 bits per heavy atom. The van der Waals surface area contributed by atoms with E-state index in [4.69, 9.17) is 10.8 Å². The molecular weight excluding hydrogens is 220 g/mol. The van der Waals surface area contributed by atoms with Gasteiger partial charge in [0.2, 0.25) is 5.89 Å². The van der Waals surface area contributed by atoms with Crippen molar-refractivity contribution < 1.29 is 4.42 Å². The number of nitrogens with zero attached hydrogens (tertiary/aromatic N) is 2. The molecule has 0 aliphatic carbocycles. The molecule has 16 heavy (non-hydrogen) atoms. The van der Waals surface area contributed by atoms with Crippen molar-refractivity contribution in [3.8, 4) is 23.8 Å². The molecule has 80 valence electrons. The van der Waals surface area contributed by atoms with E-state index in [9.17, 15) is 0 Å². The SMILES string of the molecule is C#CCSc1nnc(-c2cccc(C)c2)o1. The summed E-state index contributed by atoms with van der Waals surface area (Å²) in [5, 5.41) is 8.39. The molecule has 0 spiro atoms. The van der Waals surface area contributed by atoms with Gasteiger partial charge in [0.1, 0.15) is 0 Å². The van der Waals surface area contributed by atoms with Crippen LogP contribution in [0.25, 0.3) is 11.5 Å². The molecule has 2 aromatic rings. The first kappa shape index (κ1) is 10.8. The monoisotopic (exact) mass is 230 g/mol. The van der Waals surface area contributed by atoms with E-state index in [1.54, 1.807) is 0 Å². The molecular formula is C12H10N2OS. The van der Waals surface area contributed by atoms with Gasteiger partial charge in [-0.1, -0.05) is 35.4 Å². The molecule has 0 amide bonds. The van der Waals surface area contributed by atoms with Crippen molar-refractivity contribution in [1.82, 2.24) is 10.2 Å². The average Bonchev–Trinajstić information content (AvgIpc) is 2.75. The van der Waals surface area contributed by atoms with Crippen LogP contribution in [0.4, 0.5) is 0 Å². The Kier molecular flexibility index (Phi) is 3.28. The van der Waals surface area contributed by atoms with Crippen LogP contribution in [-0.4, -0.2) is 16.0 Å². The Hall–Kier alpha value is -1.73. The van der Waals surface area contributed by atoms with Crippen molar-refractivity contribution >= 4 is 11.8 Å². The topological polar surface area (TPSA) is 38.9 Å². The molecule has 0 unspecified atom stereocenters. The lowest BCUT2D eigenvalue weighted by Gasteiger charge is -1.95. The van der Waals surface area contributed by atoms with Crippen LogP contribution in [0.5, 0.6) is 0 Å². The quantitative estimate of drug-likeness (QED) is 0.600. The number of aromatic nitrogens is 2. The molecule has 0 fully saturated rings. The maximum Gasteiger partial charge on any atom is 0.277 e. The van der Waals surface area contributed by atoms with Gasteiger partial charge in [0.25, 0.3) is 5.22 Å². The van der Waals surface area contributed by atoms with Crippen molar-refractivity contribution in [2.75, 3.05) is 5.75 Å². The first-order valence-electron chi connectivity index (χ1n) is 4.76. The number of hydrogen-bond acceptors (Lipinski definition) is 4. The van der Waals surface area contributed by atoms with Gasteiger partial charge in [0.15, 0.2) is 0 Å². The van der Waals surface area contributed by atoms with Crippen LogP contribution < -0.4 is 0 Å². The second-order valence-electron chi connectivity index (χ2n) is 3.24. The number of thioether (sulfide) groups is 1. The molecule has 0 atom stereocenters. The lowest BCUT2D eigenvalue weighted by Crippen LogP contribution is -1.78. The predicted octanol–water partition coefficient (Wildman–Crippen LogP) is 2.77. The summed E-state index contributed by atoms with van der Waals surface area (Å²) in [5.74, 6) is 3.58. The summed E-state index contributed by atoms with van der Waals surface area (Å²) < 4.78 is 5.47. The maximum absolute atomic E-state index is 5.47. The van der Waals surface area contributed by atoms with Crippen LogP contribution in [-0.2, 0) is 0 Å². The van der Waals surface area contributed by atoms with Crippen LogP contribution in [0.3, 0.4) is 0 Å². The van der Waals surface area contributed by atoms with Gasteiger partial charge in [0, 0.05) is 5.56 Å². The van der Waals surface area contributed by atoms with E-state index in [-0.39, 0.29) is 0 Å². The van der Waals surface area contributed by atoms with E-state index in [0.717, 1.165) is 11.1 Å². The summed E-state index contributed by atoms with van der Waals surface area (Å²) in [6.45, 7) is 2.02. The summed E-state index contributed by atoms with van der Waals surface area (Å²) in [4.78, 5) is 0. The van der Waals surface area contributed by atoms with Gasteiger partial charge in [-0.2, -0.15) is 0 Å². The Morgan fingerprint density at radius 1 is 1.44 bits per heavy atom. The molecule has 0 bridgehead atoms. The zero-order valence-corrected chi connectivity index (χ0v) is 9.62. The van der Waals surface area contributed by atoms with E-state index in [1.807, 2.05) is 31.2 Å². The van der Waals surface area contributed by atoms with Crippen LogP contribution in [0.2, 0.25) is 0 Å². The summed E-state index contributed by atoms with van der Waals surface area (Å²) in [7, 11) is 0. The molecule has 4 heteroatoms. The molecule has 0 aliphatic heterocycles. The zero-order chi connectivity index (χ0) is 11.4. The second-order valence-corrected chi connectivity index (χ2v) is 4.16. The maximum atomic E-state index is 5.47. The van der Waals surface area contributed by atoms with Gasteiger partial charge in [-0.25, -0.2) is 0 Å². The molecule has 1 aromatic carbocycles. The summed E-state index contributed by atoms with van der Waals surface area (Å²) in [6, 6.07) is 7.93. The largest absolute Gasteiger partial charge is 0.411 e. The average molecular weight is 230 g/mol. The van der Waals surface area contributed by atoms with Crippen LogP contribution in [0.15, 0.2) is 33.9 Å². The Morgan fingerprint density at radius 2 is 2.31 bits per heavy atom. The molecule has 1 aromatic heterocycles. The van der Waals surface area contributed by atoms with Crippen molar-refractivity contribution in [3.05, 3.63) is 29.8 Å². The molecule has 0 saturated carbocycles. The third-order valence-corrected chi connectivity index (χ3v) is 2.67. The molecule has 0 N–H and O–H groups in total. The lowest BCUT2D eigenvalue weighted by molar-refractivity contribution is 0.466. The second kappa shape index (κ2) is 4.86. The summed E-state index contributed by atoms with van der Waals surface area (Å²) >= 11 is 1.36. The van der Waals surface area contributed by atoms with Gasteiger partial charge < -0.3 is 4.42 Å². The van der Waals surface area contributed by atoms with Gasteiger partial charge in [0.05, 0.1) is 5.75 Å². The van der Waals surface area contributed by atoms with E-state index in [1.165, 1.54) is 11.8 Å². The van der Waals surface area contributed by atoms with E-state index < -0.39 is 0 Å².